The van der Waals surface area contributed by atoms with Gasteiger partial charge in [-0.15, -0.1) is 10.1 Å². The molecular formula is C18H17BrF3NO8. The van der Waals surface area contributed by atoms with Crippen LogP contribution in [0.3, 0.4) is 0 Å². The summed E-state index contributed by atoms with van der Waals surface area (Å²) in [6.45, 7) is 0.405. The first-order valence-electron chi connectivity index (χ1n) is 8.84. The third-order valence-electron chi connectivity index (χ3n) is 3.93. The van der Waals surface area contributed by atoms with Crippen LogP contribution in [-0.4, -0.2) is 49.1 Å². The van der Waals surface area contributed by atoms with Gasteiger partial charge in [-0.2, -0.15) is 13.2 Å². The lowest BCUT2D eigenvalue weighted by Crippen LogP contribution is -2.41. The number of carbonyl (C=O) groups is 2. The summed E-state index contributed by atoms with van der Waals surface area (Å²) in [6, 6.07) is 3.09. The van der Waals surface area contributed by atoms with Crippen LogP contribution in [0.5, 0.6) is 5.75 Å². The first kappa shape index (κ1) is 24.4. The van der Waals surface area contributed by atoms with Gasteiger partial charge in [-0.05, 0) is 37.1 Å². The lowest BCUT2D eigenvalue weighted by molar-refractivity contribution is -0.757. The Morgan fingerprint density at radius 1 is 1.23 bits per heavy atom. The van der Waals surface area contributed by atoms with E-state index < -0.39 is 48.1 Å². The quantitative estimate of drug-likeness (QED) is 0.214. The number of hydrogen-bond acceptors (Lipinski definition) is 8. The smallest absolute Gasteiger partial charge is 0.430 e. The minimum atomic E-state index is -4.86. The van der Waals surface area contributed by atoms with Gasteiger partial charge in [0.2, 0.25) is 6.10 Å². The van der Waals surface area contributed by atoms with Crippen molar-refractivity contribution in [1.82, 2.24) is 0 Å². The van der Waals surface area contributed by atoms with Crippen molar-refractivity contribution in [3.8, 4) is 5.75 Å². The standard InChI is InChI=1S/C18H17BrF3NO8/c1-10-7-12(19)8-11-9-13(16(18(20,21)22)31-15(10)11)17(25)29-6-5-28-14(24)3-2-4-30-23(26)27/h7-9,16H,2-6H2,1H3/t16-/m0/s1. The highest BCUT2D eigenvalue weighted by Gasteiger charge is 2.49. The second-order valence-electron chi connectivity index (χ2n) is 6.30. The fraction of sp³-hybridized carbons (Fsp3) is 0.444. The highest BCUT2D eigenvalue weighted by Crippen LogP contribution is 2.40. The first-order chi connectivity index (χ1) is 14.5. The third kappa shape index (κ3) is 7.12. The van der Waals surface area contributed by atoms with Gasteiger partial charge < -0.3 is 19.0 Å². The Balaban J connectivity index is 1.95. The van der Waals surface area contributed by atoms with Crippen LogP contribution < -0.4 is 4.74 Å². The molecule has 1 aliphatic rings. The Labute approximate surface area is 182 Å². The minimum Gasteiger partial charge on any atom is -0.475 e. The van der Waals surface area contributed by atoms with Gasteiger partial charge in [-0.25, -0.2) is 4.79 Å². The van der Waals surface area contributed by atoms with E-state index in [1.54, 1.807) is 13.0 Å². The van der Waals surface area contributed by atoms with Crippen LogP contribution in [0.2, 0.25) is 0 Å². The molecule has 1 aliphatic heterocycles. The number of alkyl halides is 3. The molecule has 0 radical (unpaired) electrons. The van der Waals surface area contributed by atoms with Gasteiger partial charge in [0.15, 0.2) is 0 Å². The molecule has 0 N–H and O–H groups in total. The maximum atomic E-state index is 13.4. The largest absolute Gasteiger partial charge is 0.475 e. The summed E-state index contributed by atoms with van der Waals surface area (Å²) in [4.78, 5) is 37.7. The maximum Gasteiger partial charge on any atom is 0.430 e. The summed E-state index contributed by atoms with van der Waals surface area (Å²) in [5.41, 5.74) is 0.00117. The number of halogens is 4. The van der Waals surface area contributed by atoms with Gasteiger partial charge in [0.1, 0.15) is 19.0 Å². The van der Waals surface area contributed by atoms with E-state index in [9.17, 15) is 32.9 Å². The van der Waals surface area contributed by atoms with Crippen LogP contribution in [0.15, 0.2) is 22.2 Å². The summed E-state index contributed by atoms with van der Waals surface area (Å²) < 4.78 is 55.5. The lowest BCUT2D eigenvalue weighted by Gasteiger charge is -2.29. The van der Waals surface area contributed by atoms with Gasteiger partial charge in [0, 0.05) is 16.5 Å². The third-order valence-corrected chi connectivity index (χ3v) is 4.39. The van der Waals surface area contributed by atoms with Crippen molar-refractivity contribution in [2.24, 2.45) is 0 Å². The average molecular weight is 512 g/mol. The van der Waals surface area contributed by atoms with Crippen molar-refractivity contribution in [3.63, 3.8) is 0 Å². The molecule has 170 valence electrons. The second kappa shape index (κ2) is 10.5. The topological polar surface area (TPSA) is 114 Å². The minimum absolute atomic E-state index is 0.0112. The molecule has 31 heavy (non-hydrogen) atoms. The van der Waals surface area contributed by atoms with Crippen LogP contribution >= 0.6 is 15.9 Å². The highest BCUT2D eigenvalue weighted by atomic mass is 79.9. The molecular weight excluding hydrogens is 495 g/mol. The number of rotatable bonds is 9. The van der Waals surface area contributed by atoms with Crippen molar-refractivity contribution in [2.75, 3.05) is 19.8 Å². The van der Waals surface area contributed by atoms with E-state index in [-0.39, 0.29) is 30.8 Å². The molecule has 0 unspecified atom stereocenters. The van der Waals surface area contributed by atoms with Crippen molar-refractivity contribution < 1.29 is 46.9 Å². The van der Waals surface area contributed by atoms with E-state index in [1.165, 1.54) is 6.07 Å². The first-order valence-corrected chi connectivity index (χ1v) is 9.63. The molecule has 2 rings (SSSR count). The van der Waals surface area contributed by atoms with Gasteiger partial charge in [0.05, 0.1) is 12.2 Å². The summed E-state index contributed by atoms with van der Waals surface area (Å²) >= 11 is 3.23. The predicted octanol–water partition coefficient (Wildman–Crippen LogP) is 3.54. The maximum absolute atomic E-state index is 13.4. The van der Waals surface area contributed by atoms with Gasteiger partial charge in [0.25, 0.3) is 5.09 Å². The Morgan fingerprint density at radius 2 is 1.90 bits per heavy atom. The number of ether oxygens (including phenoxy) is 3. The number of benzene rings is 1. The van der Waals surface area contributed by atoms with E-state index in [0.717, 1.165) is 6.08 Å². The number of nitrogens with zero attached hydrogens (tertiary/aromatic N) is 1. The fourth-order valence-electron chi connectivity index (χ4n) is 2.66. The van der Waals surface area contributed by atoms with E-state index in [1.807, 2.05) is 0 Å². The molecule has 1 aromatic carbocycles. The van der Waals surface area contributed by atoms with Crippen molar-refractivity contribution in [1.29, 1.82) is 0 Å². The van der Waals surface area contributed by atoms with Crippen molar-refractivity contribution >= 4 is 33.9 Å². The summed E-state index contributed by atoms with van der Waals surface area (Å²) in [7, 11) is 0. The van der Waals surface area contributed by atoms with E-state index >= 15 is 0 Å². The van der Waals surface area contributed by atoms with E-state index in [4.69, 9.17) is 14.2 Å². The lowest BCUT2D eigenvalue weighted by atomic mass is 9.99. The van der Waals surface area contributed by atoms with E-state index in [0.29, 0.717) is 10.0 Å². The molecule has 0 bridgehead atoms. The number of aryl methyl sites for hydroxylation is 1. The highest BCUT2D eigenvalue weighted by molar-refractivity contribution is 9.10. The van der Waals surface area contributed by atoms with E-state index in [2.05, 4.69) is 20.8 Å². The Kier molecular flexibility index (Phi) is 8.25. The molecule has 1 atom stereocenters. The van der Waals surface area contributed by atoms with Crippen LogP contribution in [0.25, 0.3) is 6.08 Å². The zero-order valence-electron chi connectivity index (χ0n) is 16.1. The number of esters is 2. The van der Waals surface area contributed by atoms with Crippen LogP contribution in [0.4, 0.5) is 13.2 Å². The molecule has 0 aromatic heterocycles. The average Bonchev–Trinajstić information content (AvgIpc) is 2.66. The molecule has 1 aromatic rings. The number of hydrogen-bond donors (Lipinski definition) is 0. The van der Waals surface area contributed by atoms with Gasteiger partial charge in [-0.3, -0.25) is 4.79 Å². The van der Waals surface area contributed by atoms with Crippen LogP contribution in [0, 0.1) is 17.0 Å². The summed E-state index contributed by atoms with van der Waals surface area (Å²) in [6.07, 6.45) is -6.46. The molecule has 9 nitrogen and oxygen atoms in total. The fourth-order valence-corrected chi connectivity index (χ4v) is 3.25. The SMILES string of the molecule is Cc1cc(Br)cc2c1O[C@H](C(F)(F)F)C(C(=O)OCCOC(=O)CCCO[N+](=O)[O-])=C2. The summed E-state index contributed by atoms with van der Waals surface area (Å²) in [5.74, 6) is -1.98. The zero-order valence-corrected chi connectivity index (χ0v) is 17.7. The number of carbonyl (C=O) groups excluding carboxylic acids is 2. The molecule has 13 heteroatoms. The van der Waals surface area contributed by atoms with Crippen molar-refractivity contribution in [3.05, 3.63) is 43.4 Å². The Hall–Kier alpha value is -2.83. The molecule has 0 saturated heterocycles. The Morgan fingerprint density at radius 3 is 2.55 bits per heavy atom. The number of fused-ring (bicyclic) bond motifs is 1. The van der Waals surface area contributed by atoms with Gasteiger partial charge in [-0.1, -0.05) is 15.9 Å². The molecule has 0 aliphatic carbocycles. The second-order valence-corrected chi connectivity index (χ2v) is 7.21. The summed E-state index contributed by atoms with van der Waals surface area (Å²) in [5, 5.41) is 8.97. The molecule has 0 saturated carbocycles. The normalized spacial score (nSPS) is 15.3. The van der Waals surface area contributed by atoms with Crippen LogP contribution in [0.1, 0.15) is 24.0 Å². The Bertz CT molecular complexity index is 887. The van der Waals surface area contributed by atoms with Crippen LogP contribution in [-0.2, 0) is 23.9 Å². The zero-order chi connectivity index (χ0) is 23.2. The molecule has 0 fully saturated rings. The molecule has 1 heterocycles. The van der Waals surface area contributed by atoms with Gasteiger partial charge >= 0.3 is 18.1 Å². The monoisotopic (exact) mass is 511 g/mol. The van der Waals surface area contributed by atoms with Crippen molar-refractivity contribution in [2.45, 2.75) is 32.0 Å². The molecule has 0 amide bonds. The predicted molar refractivity (Wildman–Crippen MR) is 101 cm³/mol. The molecule has 0 spiro atoms.